The molecule has 1 aromatic heterocycles. The highest BCUT2D eigenvalue weighted by Crippen LogP contribution is 2.04. The molecule has 0 radical (unpaired) electrons. The third kappa shape index (κ3) is 6.04. The molecule has 0 fully saturated rings. The molecule has 0 aromatic carbocycles. The second-order valence-corrected chi connectivity index (χ2v) is 4.28. The van der Waals surface area contributed by atoms with Crippen molar-refractivity contribution in [2.24, 2.45) is 0 Å². The van der Waals surface area contributed by atoms with Crippen LogP contribution in [0.15, 0.2) is 6.20 Å². The van der Waals surface area contributed by atoms with Crippen molar-refractivity contribution in [1.82, 2.24) is 15.0 Å². The number of hydrogen-bond donors (Lipinski definition) is 1. The van der Waals surface area contributed by atoms with Crippen LogP contribution in [-0.4, -0.2) is 26.1 Å². The zero-order valence-corrected chi connectivity index (χ0v) is 10.4. The van der Waals surface area contributed by atoms with E-state index in [1.165, 1.54) is 12.8 Å². The van der Waals surface area contributed by atoms with E-state index < -0.39 is 5.97 Å². The van der Waals surface area contributed by atoms with Gasteiger partial charge in [0, 0.05) is 19.2 Å². The van der Waals surface area contributed by atoms with Gasteiger partial charge in [-0.2, -0.15) is 0 Å². The summed E-state index contributed by atoms with van der Waals surface area (Å²) in [5.41, 5.74) is 0.965. The van der Waals surface area contributed by atoms with E-state index in [1.807, 2.05) is 10.9 Å². The molecule has 5 nitrogen and oxygen atoms in total. The SMILES string of the molecule is CCCCCn1cc(CCCCC(=O)O)nn1. The fourth-order valence-electron chi connectivity index (χ4n) is 1.67. The maximum absolute atomic E-state index is 10.3. The standard InChI is InChI=1S/C12H21N3O2/c1-2-3-6-9-15-10-11(13-14-15)7-4-5-8-12(16)17/h10H,2-9H2,1H3,(H,16,17). The minimum absolute atomic E-state index is 0.241. The largest absolute Gasteiger partial charge is 0.481 e. The molecule has 0 bridgehead atoms. The van der Waals surface area contributed by atoms with Crippen LogP contribution in [0.2, 0.25) is 0 Å². The molecule has 96 valence electrons. The molecule has 1 rings (SSSR count). The summed E-state index contributed by atoms with van der Waals surface area (Å²) in [4.78, 5) is 10.3. The smallest absolute Gasteiger partial charge is 0.303 e. The van der Waals surface area contributed by atoms with E-state index in [0.717, 1.165) is 31.5 Å². The van der Waals surface area contributed by atoms with Crippen LogP contribution in [0.1, 0.15) is 51.1 Å². The fraction of sp³-hybridized carbons (Fsp3) is 0.750. The first-order chi connectivity index (χ1) is 8.22. The highest BCUT2D eigenvalue weighted by atomic mass is 16.4. The number of aromatic nitrogens is 3. The van der Waals surface area contributed by atoms with Gasteiger partial charge in [0.2, 0.25) is 0 Å². The van der Waals surface area contributed by atoms with Crippen LogP contribution in [0.3, 0.4) is 0 Å². The number of nitrogens with zero attached hydrogens (tertiary/aromatic N) is 3. The lowest BCUT2D eigenvalue weighted by atomic mass is 10.1. The van der Waals surface area contributed by atoms with Gasteiger partial charge in [0.15, 0.2) is 0 Å². The second kappa shape index (κ2) is 7.81. The lowest BCUT2D eigenvalue weighted by molar-refractivity contribution is -0.137. The molecule has 1 N–H and O–H groups in total. The summed E-state index contributed by atoms with van der Waals surface area (Å²) in [5.74, 6) is -0.729. The Labute approximate surface area is 102 Å². The van der Waals surface area contributed by atoms with Gasteiger partial charge in [-0.25, -0.2) is 0 Å². The van der Waals surface area contributed by atoms with Crippen LogP contribution in [0.4, 0.5) is 0 Å². The normalized spacial score (nSPS) is 10.6. The molecule has 0 aliphatic rings. The highest BCUT2D eigenvalue weighted by Gasteiger charge is 2.02. The van der Waals surface area contributed by atoms with E-state index in [9.17, 15) is 4.79 Å². The average molecular weight is 239 g/mol. The van der Waals surface area contributed by atoms with Crippen LogP contribution in [0, 0.1) is 0 Å². The van der Waals surface area contributed by atoms with Crippen LogP contribution in [-0.2, 0) is 17.8 Å². The minimum atomic E-state index is -0.729. The van der Waals surface area contributed by atoms with E-state index in [4.69, 9.17) is 5.11 Å². The Bertz CT molecular complexity index is 336. The molecular formula is C12H21N3O2. The number of carbonyl (C=O) groups is 1. The molecule has 0 atom stereocenters. The number of hydrogen-bond acceptors (Lipinski definition) is 3. The summed E-state index contributed by atoms with van der Waals surface area (Å²) in [5, 5.41) is 16.6. The van der Waals surface area contributed by atoms with Crippen molar-refractivity contribution in [3.8, 4) is 0 Å². The van der Waals surface area contributed by atoms with Gasteiger partial charge < -0.3 is 5.11 Å². The van der Waals surface area contributed by atoms with Crippen molar-refractivity contribution in [3.63, 3.8) is 0 Å². The Kier molecular flexibility index (Phi) is 6.29. The first kappa shape index (κ1) is 13.7. The van der Waals surface area contributed by atoms with E-state index in [0.29, 0.717) is 6.42 Å². The Hall–Kier alpha value is -1.39. The van der Waals surface area contributed by atoms with Gasteiger partial charge in [0.05, 0.1) is 5.69 Å². The Morgan fingerprint density at radius 1 is 1.35 bits per heavy atom. The molecule has 17 heavy (non-hydrogen) atoms. The van der Waals surface area contributed by atoms with Gasteiger partial charge in [0.25, 0.3) is 0 Å². The number of rotatable bonds is 9. The molecule has 0 amide bonds. The van der Waals surface area contributed by atoms with Gasteiger partial charge in [-0.05, 0) is 25.7 Å². The van der Waals surface area contributed by atoms with Crippen molar-refractivity contribution in [2.45, 2.75) is 58.4 Å². The van der Waals surface area contributed by atoms with E-state index in [2.05, 4.69) is 17.2 Å². The molecule has 1 heterocycles. The number of unbranched alkanes of at least 4 members (excludes halogenated alkanes) is 3. The van der Waals surface area contributed by atoms with E-state index in [-0.39, 0.29) is 6.42 Å². The van der Waals surface area contributed by atoms with Gasteiger partial charge in [0.1, 0.15) is 0 Å². The molecule has 0 unspecified atom stereocenters. The highest BCUT2D eigenvalue weighted by molar-refractivity contribution is 5.66. The molecule has 1 aromatic rings. The number of aryl methyl sites for hydroxylation is 2. The monoisotopic (exact) mass is 239 g/mol. The van der Waals surface area contributed by atoms with Crippen LogP contribution in [0.5, 0.6) is 0 Å². The van der Waals surface area contributed by atoms with Gasteiger partial charge in [-0.15, -0.1) is 5.10 Å². The van der Waals surface area contributed by atoms with Crippen molar-refractivity contribution in [2.75, 3.05) is 0 Å². The number of carboxylic acids is 1. The summed E-state index contributed by atoms with van der Waals surface area (Å²) >= 11 is 0. The quantitative estimate of drug-likeness (QED) is 0.671. The molecule has 0 saturated carbocycles. The summed E-state index contributed by atoms with van der Waals surface area (Å²) in [6.07, 6.45) is 8.16. The van der Waals surface area contributed by atoms with E-state index >= 15 is 0 Å². The van der Waals surface area contributed by atoms with Crippen molar-refractivity contribution in [1.29, 1.82) is 0 Å². The molecule has 0 saturated heterocycles. The molecule has 5 heteroatoms. The Balaban J connectivity index is 2.18. The van der Waals surface area contributed by atoms with Crippen molar-refractivity contribution < 1.29 is 9.90 Å². The lowest BCUT2D eigenvalue weighted by Crippen LogP contribution is -1.98. The summed E-state index contributed by atoms with van der Waals surface area (Å²) in [6, 6.07) is 0. The Morgan fingerprint density at radius 3 is 2.88 bits per heavy atom. The summed E-state index contributed by atoms with van der Waals surface area (Å²) < 4.78 is 1.88. The lowest BCUT2D eigenvalue weighted by Gasteiger charge is -1.97. The zero-order valence-electron chi connectivity index (χ0n) is 10.4. The summed E-state index contributed by atoms with van der Waals surface area (Å²) in [7, 11) is 0. The predicted octanol–water partition coefficient (Wildman–Crippen LogP) is 2.27. The maximum atomic E-state index is 10.3. The van der Waals surface area contributed by atoms with Crippen molar-refractivity contribution >= 4 is 5.97 Å². The van der Waals surface area contributed by atoms with E-state index in [1.54, 1.807) is 0 Å². The topological polar surface area (TPSA) is 68.0 Å². The first-order valence-electron chi connectivity index (χ1n) is 6.33. The summed E-state index contributed by atoms with van der Waals surface area (Å²) in [6.45, 7) is 3.10. The number of aliphatic carboxylic acids is 1. The third-order valence-corrected chi connectivity index (χ3v) is 2.65. The molecular weight excluding hydrogens is 218 g/mol. The van der Waals surface area contributed by atoms with Crippen LogP contribution >= 0.6 is 0 Å². The molecule has 0 spiro atoms. The van der Waals surface area contributed by atoms with Crippen LogP contribution in [0.25, 0.3) is 0 Å². The number of carboxylic acid groups (broad SMARTS) is 1. The van der Waals surface area contributed by atoms with Gasteiger partial charge in [-0.1, -0.05) is 25.0 Å². The first-order valence-corrected chi connectivity index (χ1v) is 6.33. The zero-order chi connectivity index (χ0) is 12.5. The predicted molar refractivity (Wildman–Crippen MR) is 64.7 cm³/mol. The maximum Gasteiger partial charge on any atom is 0.303 e. The average Bonchev–Trinajstić information content (AvgIpc) is 2.73. The van der Waals surface area contributed by atoms with Gasteiger partial charge >= 0.3 is 5.97 Å². The van der Waals surface area contributed by atoms with Crippen LogP contribution < -0.4 is 0 Å². The Morgan fingerprint density at radius 2 is 2.18 bits per heavy atom. The minimum Gasteiger partial charge on any atom is -0.481 e. The third-order valence-electron chi connectivity index (χ3n) is 2.65. The molecule has 0 aliphatic heterocycles. The van der Waals surface area contributed by atoms with Crippen molar-refractivity contribution in [3.05, 3.63) is 11.9 Å². The molecule has 0 aliphatic carbocycles. The second-order valence-electron chi connectivity index (χ2n) is 4.28. The fourth-order valence-corrected chi connectivity index (χ4v) is 1.67. The van der Waals surface area contributed by atoms with Gasteiger partial charge in [-0.3, -0.25) is 9.48 Å².